The number of nitrogens with one attached hydrogen (secondary N) is 1. The molecule has 0 radical (unpaired) electrons. The molecule has 2 heterocycles. The summed E-state index contributed by atoms with van der Waals surface area (Å²) in [6.45, 7) is 3.52. The third-order valence-corrected chi connectivity index (χ3v) is 11.7. The van der Waals surface area contributed by atoms with Gasteiger partial charge < -0.3 is 24.4 Å². The fourth-order valence-electron chi connectivity index (χ4n) is 10.0. The van der Waals surface area contributed by atoms with Crippen molar-refractivity contribution in [3.05, 3.63) is 83.6 Å². The molecule has 1 saturated heterocycles. The van der Waals surface area contributed by atoms with E-state index in [-0.39, 0.29) is 43.2 Å². The van der Waals surface area contributed by atoms with Crippen molar-refractivity contribution in [2.45, 2.75) is 83.6 Å². The fraction of sp³-hybridized carbons (Fsp3) is 0.564. The summed E-state index contributed by atoms with van der Waals surface area (Å²) >= 11 is 0. The van der Waals surface area contributed by atoms with Crippen molar-refractivity contribution in [2.75, 3.05) is 20.3 Å². The number of carbonyl (C=O) groups excluding carboxylic acids is 3. The summed E-state index contributed by atoms with van der Waals surface area (Å²) in [4.78, 5) is 43.6. The molecule has 8 rings (SSSR count). The number of ether oxygens (including phenoxy) is 3. The largest absolute Gasteiger partial charge is 0.468 e. The number of benzene rings is 2. The third kappa shape index (κ3) is 6.39. The van der Waals surface area contributed by atoms with Crippen molar-refractivity contribution in [1.82, 2.24) is 10.2 Å². The van der Waals surface area contributed by atoms with Gasteiger partial charge in [0.2, 0.25) is 11.8 Å². The minimum atomic E-state index is -1.24. The van der Waals surface area contributed by atoms with Crippen molar-refractivity contribution in [3.8, 4) is 0 Å². The predicted molar refractivity (Wildman–Crippen MR) is 176 cm³/mol. The molecular formula is C39H48N2O6. The Kier molecular flexibility index (Phi) is 9.00. The van der Waals surface area contributed by atoms with Gasteiger partial charge in [-0.25, -0.2) is 0 Å². The van der Waals surface area contributed by atoms with E-state index >= 15 is 0 Å². The molecule has 0 unspecified atom stereocenters. The normalized spacial score (nSPS) is 34.0. The molecule has 1 N–H and O–H groups in total. The standard InChI is InChI=1S/C39H48N2O6/c1-26-39(37(44)45-2)21-32(16-35(42)40-25-38-18-29-13-30(19-38)15-31(14-29)20-38)36(43)41(22-27-9-5-3-6-10-27)34(39)17-33(47-26)24-46-23-28-11-7-4-8-12-28/h3-12,17,26,29-33H,13-16,18-25H2,1-2H3,(H,40,42)/t26-,29?,30?,31?,32+,33-,38?,39+/m1/s1. The molecule has 2 aromatic carbocycles. The second-order valence-electron chi connectivity index (χ2n) is 15.0. The van der Waals surface area contributed by atoms with Crippen molar-refractivity contribution in [1.29, 1.82) is 0 Å². The van der Waals surface area contributed by atoms with Crippen molar-refractivity contribution < 1.29 is 28.6 Å². The van der Waals surface area contributed by atoms with Gasteiger partial charge in [-0.15, -0.1) is 0 Å². The Morgan fingerprint density at radius 3 is 2.15 bits per heavy atom. The van der Waals surface area contributed by atoms with Gasteiger partial charge in [-0.05, 0) is 92.2 Å². The molecule has 47 heavy (non-hydrogen) atoms. The summed E-state index contributed by atoms with van der Waals surface area (Å²) in [5, 5.41) is 3.27. The van der Waals surface area contributed by atoms with E-state index in [0.717, 1.165) is 28.9 Å². The fourth-order valence-corrected chi connectivity index (χ4v) is 10.0. The maximum atomic E-state index is 14.4. The maximum Gasteiger partial charge on any atom is 0.320 e. The smallest absolute Gasteiger partial charge is 0.320 e. The average Bonchev–Trinajstić information content (AvgIpc) is 3.06. The van der Waals surface area contributed by atoms with Crippen LogP contribution in [0.2, 0.25) is 0 Å². The molecule has 0 aromatic heterocycles. The zero-order chi connectivity index (χ0) is 32.6. The van der Waals surface area contributed by atoms with E-state index in [1.165, 1.54) is 45.6 Å². The quantitative estimate of drug-likeness (QED) is 0.312. The first-order valence-corrected chi connectivity index (χ1v) is 17.5. The molecule has 4 saturated carbocycles. The predicted octanol–water partition coefficient (Wildman–Crippen LogP) is 5.81. The zero-order valence-electron chi connectivity index (χ0n) is 27.7. The van der Waals surface area contributed by atoms with Crippen LogP contribution in [0.3, 0.4) is 0 Å². The topological polar surface area (TPSA) is 94.2 Å². The molecule has 250 valence electrons. The van der Waals surface area contributed by atoms with Gasteiger partial charge in [-0.3, -0.25) is 14.4 Å². The third-order valence-electron chi connectivity index (χ3n) is 11.7. The summed E-state index contributed by atoms with van der Waals surface area (Å²) in [5.74, 6) is 0.985. The Morgan fingerprint density at radius 1 is 0.915 bits per heavy atom. The van der Waals surface area contributed by atoms with Crippen molar-refractivity contribution in [3.63, 3.8) is 0 Å². The number of methoxy groups -OCH3 is 1. The molecule has 2 aliphatic heterocycles. The summed E-state index contributed by atoms with van der Waals surface area (Å²) in [6.07, 6.45) is 8.65. The van der Waals surface area contributed by atoms with Gasteiger partial charge in [-0.1, -0.05) is 60.7 Å². The molecule has 4 aliphatic carbocycles. The summed E-state index contributed by atoms with van der Waals surface area (Å²) in [6, 6.07) is 19.7. The number of esters is 1. The van der Waals surface area contributed by atoms with Gasteiger partial charge in [0.1, 0.15) is 11.5 Å². The van der Waals surface area contributed by atoms with E-state index < -0.39 is 29.5 Å². The van der Waals surface area contributed by atoms with Gasteiger partial charge in [-0.2, -0.15) is 0 Å². The SMILES string of the molecule is COC(=O)[C@]12C[C@H](CC(=O)NCC34CC5CC(CC(C5)C3)C4)C(=O)N(Cc3ccccc3)C1=C[C@H](COCc1ccccc1)O[C@@H]2C. The second kappa shape index (κ2) is 13.2. The summed E-state index contributed by atoms with van der Waals surface area (Å²) < 4.78 is 17.9. The van der Waals surface area contributed by atoms with Crippen LogP contribution in [0.25, 0.3) is 0 Å². The number of hydrogen-bond acceptors (Lipinski definition) is 6. The lowest BCUT2D eigenvalue weighted by molar-refractivity contribution is -0.178. The molecule has 6 aliphatic rings. The van der Waals surface area contributed by atoms with Gasteiger partial charge in [0.05, 0.1) is 33.0 Å². The highest BCUT2D eigenvalue weighted by Gasteiger charge is 2.60. The molecular weight excluding hydrogens is 592 g/mol. The first-order chi connectivity index (χ1) is 22.8. The van der Waals surface area contributed by atoms with Gasteiger partial charge in [0.25, 0.3) is 0 Å². The zero-order valence-corrected chi connectivity index (χ0v) is 27.7. The van der Waals surface area contributed by atoms with E-state index in [0.29, 0.717) is 18.8 Å². The Bertz CT molecular complexity index is 1460. The molecule has 4 bridgehead atoms. The lowest BCUT2D eigenvalue weighted by Gasteiger charge is -2.57. The van der Waals surface area contributed by atoms with E-state index in [2.05, 4.69) is 5.32 Å². The van der Waals surface area contributed by atoms with Crippen LogP contribution >= 0.6 is 0 Å². The van der Waals surface area contributed by atoms with E-state index in [4.69, 9.17) is 14.2 Å². The molecule has 2 amide bonds. The van der Waals surface area contributed by atoms with Crippen molar-refractivity contribution in [2.24, 2.45) is 34.5 Å². The summed E-state index contributed by atoms with van der Waals surface area (Å²) in [7, 11) is 1.38. The lowest BCUT2D eigenvalue weighted by Crippen LogP contribution is -2.60. The van der Waals surface area contributed by atoms with Gasteiger partial charge >= 0.3 is 5.97 Å². The highest BCUT2D eigenvalue weighted by Crippen LogP contribution is 2.59. The molecule has 8 nitrogen and oxygen atoms in total. The Hall–Kier alpha value is -3.49. The monoisotopic (exact) mass is 640 g/mol. The number of hydrogen-bond donors (Lipinski definition) is 1. The number of fused-ring (bicyclic) bond motifs is 1. The van der Waals surface area contributed by atoms with Crippen LogP contribution in [0.4, 0.5) is 0 Å². The minimum Gasteiger partial charge on any atom is -0.468 e. The highest BCUT2D eigenvalue weighted by atomic mass is 16.5. The van der Waals surface area contributed by atoms with Crippen LogP contribution in [-0.4, -0.2) is 55.2 Å². The Labute approximate surface area is 278 Å². The van der Waals surface area contributed by atoms with Crippen LogP contribution in [0.15, 0.2) is 72.4 Å². The van der Waals surface area contributed by atoms with Crippen LogP contribution in [0.5, 0.6) is 0 Å². The second-order valence-corrected chi connectivity index (χ2v) is 15.0. The van der Waals surface area contributed by atoms with Crippen molar-refractivity contribution >= 4 is 17.8 Å². The number of likely N-dealkylation sites (tertiary alicyclic amines) is 1. The number of carbonyl (C=O) groups is 3. The summed E-state index contributed by atoms with van der Waals surface area (Å²) in [5.41, 5.74) is 1.53. The number of piperidine rings is 1. The Morgan fingerprint density at radius 2 is 1.53 bits per heavy atom. The minimum absolute atomic E-state index is 0.0266. The average molecular weight is 641 g/mol. The van der Waals surface area contributed by atoms with Crippen LogP contribution in [0.1, 0.15) is 69.4 Å². The Balaban J connectivity index is 1.12. The van der Waals surface area contributed by atoms with Crippen LogP contribution in [0, 0.1) is 34.5 Å². The van der Waals surface area contributed by atoms with E-state index in [1.807, 2.05) is 73.7 Å². The van der Waals surface area contributed by atoms with Crippen LogP contribution in [-0.2, 0) is 41.7 Å². The molecule has 8 heteroatoms. The van der Waals surface area contributed by atoms with E-state index in [1.54, 1.807) is 4.90 Å². The molecule has 4 atom stereocenters. The van der Waals surface area contributed by atoms with Gasteiger partial charge in [0, 0.05) is 24.6 Å². The maximum absolute atomic E-state index is 14.4. The van der Waals surface area contributed by atoms with Gasteiger partial charge in [0.15, 0.2) is 0 Å². The molecule has 2 aromatic rings. The van der Waals surface area contributed by atoms with E-state index in [9.17, 15) is 14.4 Å². The first-order valence-electron chi connectivity index (χ1n) is 17.5. The highest BCUT2D eigenvalue weighted by molar-refractivity contribution is 5.92. The first kappa shape index (κ1) is 32.1. The number of amides is 2. The van der Waals surface area contributed by atoms with Crippen LogP contribution < -0.4 is 5.32 Å². The number of nitrogens with zero attached hydrogens (tertiary/aromatic N) is 1. The molecule has 5 fully saturated rings. The number of rotatable bonds is 11. The molecule has 0 spiro atoms. The lowest BCUT2D eigenvalue weighted by atomic mass is 9.49.